The number of rotatable bonds is 6. The average molecular weight is 330 g/mol. The Morgan fingerprint density at radius 3 is 3.04 bits per heavy atom. The number of methoxy groups -OCH3 is 1. The number of amides is 2. The summed E-state index contributed by atoms with van der Waals surface area (Å²) in [6, 6.07) is 9.43. The van der Waals surface area contributed by atoms with Crippen molar-refractivity contribution in [3.8, 4) is 11.4 Å². The Balaban J connectivity index is 1.65. The van der Waals surface area contributed by atoms with Crippen LogP contribution in [0.15, 0.2) is 34.9 Å². The molecule has 0 unspecified atom stereocenters. The van der Waals surface area contributed by atoms with Crippen molar-refractivity contribution in [1.29, 1.82) is 0 Å². The molecule has 1 atom stereocenters. The van der Waals surface area contributed by atoms with Crippen molar-refractivity contribution >= 4 is 6.03 Å². The molecule has 7 nitrogen and oxygen atoms in total. The van der Waals surface area contributed by atoms with Crippen LogP contribution in [0.4, 0.5) is 4.79 Å². The highest BCUT2D eigenvalue weighted by Crippen LogP contribution is 2.31. The van der Waals surface area contributed by atoms with Gasteiger partial charge in [0, 0.05) is 32.4 Å². The molecule has 0 aliphatic carbocycles. The number of carbonyl (C=O) groups excluding carboxylic acids is 1. The van der Waals surface area contributed by atoms with E-state index in [4.69, 9.17) is 9.26 Å². The number of carbonyl (C=O) groups is 1. The summed E-state index contributed by atoms with van der Waals surface area (Å²) < 4.78 is 10.4. The number of nitrogens with zero attached hydrogens (tertiary/aromatic N) is 3. The minimum atomic E-state index is -0.155. The maximum absolute atomic E-state index is 12.4. The van der Waals surface area contributed by atoms with Crippen molar-refractivity contribution in [2.75, 3.05) is 26.8 Å². The molecule has 1 aliphatic heterocycles. The number of ether oxygens (including phenoxy) is 1. The molecule has 7 heteroatoms. The second-order valence-corrected chi connectivity index (χ2v) is 5.75. The SMILES string of the molecule is COCCCNC(=O)N1CCC[C@H]1c1nc(-c2ccccc2)no1. The fraction of sp³-hybridized carbons (Fsp3) is 0.471. The molecule has 0 spiro atoms. The maximum atomic E-state index is 12.4. The third kappa shape index (κ3) is 3.73. The molecular weight excluding hydrogens is 308 g/mol. The number of likely N-dealkylation sites (tertiary alicyclic amines) is 1. The molecule has 2 heterocycles. The molecule has 0 saturated carbocycles. The van der Waals surface area contributed by atoms with Crippen LogP contribution in [0.5, 0.6) is 0 Å². The van der Waals surface area contributed by atoms with E-state index in [9.17, 15) is 4.79 Å². The molecule has 1 aromatic heterocycles. The summed E-state index contributed by atoms with van der Waals surface area (Å²) in [6.45, 7) is 1.92. The monoisotopic (exact) mass is 330 g/mol. The van der Waals surface area contributed by atoms with Crippen molar-refractivity contribution in [2.24, 2.45) is 0 Å². The van der Waals surface area contributed by atoms with Gasteiger partial charge < -0.3 is 19.5 Å². The van der Waals surface area contributed by atoms with Crippen molar-refractivity contribution in [3.63, 3.8) is 0 Å². The molecule has 1 aromatic carbocycles. The number of nitrogens with one attached hydrogen (secondary N) is 1. The second kappa shape index (κ2) is 7.92. The molecule has 3 rings (SSSR count). The zero-order valence-corrected chi connectivity index (χ0v) is 13.8. The number of urea groups is 1. The summed E-state index contributed by atoms with van der Waals surface area (Å²) in [5, 5.41) is 6.97. The predicted octanol–water partition coefficient (Wildman–Crippen LogP) is 2.62. The minimum absolute atomic E-state index is 0.0898. The van der Waals surface area contributed by atoms with E-state index < -0.39 is 0 Å². The van der Waals surface area contributed by atoms with E-state index in [1.165, 1.54) is 0 Å². The van der Waals surface area contributed by atoms with Gasteiger partial charge in [-0.1, -0.05) is 35.5 Å². The quantitative estimate of drug-likeness (QED) is 0.824. The van der Waals surface area contributed by atoms with Gasteiger partial charge in [0.1, 0.15) is 6.04 Å². The van der Waals surface area contributed by atoms with E-state index in [-0.39, 0.29) is 12.1 Å². The highest BCUT2D eigenvalue weighted by molar-refractivity contribution is 5.74. The molecule has 128 valence electrons. The molecule has 24 heavy (non-hydrogen) atoms. The lowest BCUT2D eigenvalue weighted by molar-refractivity contribution is 0.174. The smallest absolute Gasteiger partial charge is 0.318 e. The first-order chi connectivity index (χ1) is 11.8. The van der Waals surface area contributed by atoms with E-state index in [2.05, 4.69) is 15.5 Å². The molecule has 1 aliphatic rings. The van der Waals surface area contributed by atoms with Crippen LogP contribution >= 0.6 is 0 Å². The highest BCUT2D eigenvalue weighted by atomic mass is 16.5. The molecule has 1 saturated heterocycles. The molecule has 2 amide bonds. The van der Waals surface area contributed by atoms with Crippen molar-refractivity contribution in [3.05, 3.63) is 36.2 Å². The number of benzene rings is 1. The summed E-state index contributed by atoms with van der Waals surface area (Å²) in [6.07, 6.45) is 2.56. The number of hydrogen-bond donors (Lipinski definition) is 1. The second-order valence-electron chi connectivity index (χ2n) is 5.75. The Morgan fingerprint density at radius 2 is 2.25 bits per heavy atom. The van der Waals surface area contributed by atoms with E-state index in [1.807, 2.05) is 30.3 Å². The van der Waals surface area contributed by atoms with Crippen LogP contribution in [0.25, 0.3) is 11.4 Å². The number of hydrogen-bond acceptors (Lipinski definition) is 5. The van der Waals surface area contributed by atoms with Gasteiger partial charge in [0.2, 0.25) is 11.7 Å². The summed E-state index contributed by atoms with van der Waals surface area (Å²) in [5.41, 5.74) is 0.904. The van der Waals surface area contributed by atoms with Gasteiger partial charge in [-0.3, -0.25) is 0 Å². The van der Waals surface area contributed by atoms with Crippen LogP contribution in [0.2, 0.25) is 0 Å². The normalized spacial score (nSPS) is 17.2. The molecule has 1 fully saturated rings. The molecule has 2 aromatic rings. The Hall–Kier alpha value is -2.41. The van der Waals surface area contributed by atoms with Gasteiger partial charge in [0.25, 0.3) is 0 Å². The van der Waals surface area contributed by atoms with Crippen LogP contribution < -0.4 is 5.32 Å². The Kier molecular flexibility index (Phi) is 5.43. The summed E-state index contributed by atoms with van der Waals surface area (Å²) in [4.78, 5) is 18.6. The molecule has 0 bridgehead atoms. The van der Waals surface area contributed by atoms with E-state index in [1.54, 1.807) is 12.0 Å². The van der Waals surface area contributed by atoms with Crippen molar-refractivity contribution in [1.82, 2.24) is 20.4 Å². The van der Waals surface area contributed by atoms with Gasteiger partial charge in [0.05, 0.1) is 0 Å². The number of aromatic nitrogens is 2. The third-order valence-electron chi connectivity index (χ3n) is 4.07. The summed E-state index contributed by atoms with van der Waals surface area (Å²) in [7, 11) is 1.65. The van der Waals surface area contributed by atoms with Crippen molar-refractivity contribution < 1.29 is 14.1 Å². The summed E-state index contributed by atoms with van der Waals surface area (Å²) >= 11 is 0. The topological polar surface area (TPSA) is 80.5 Å². The van der Waals surface area contributed by atoms with E-state index in [0.717, 1.165) is 24.8 Å². The van der Waals surface area contributed by atoms with Gasteiger partial charge in [-0.2, -0.15) is 4.98 Å². The Labute approximate surface area is 141 Å². The van der Waals surface area contributed by atoms with Crippen LogP contribution in [-0.2, 0) is 4.74 Å². The molecular formula is C17H22N4O3. The standard InChI is InChI=1S/C17H22N4O3/c1-23-12-6-10-18-17(22)21-11-5-9-14(21)16-19-15(20-24-16)13-7-3-2-4-8-13/h2-4,7-8,14H,5-6,9-12H2,1H3,(H,18,22)/t14-/m0/s1. The van der Waals surface area contributed by atoms with Crippen LogP contribution in [0, 0.1) is 0 Å². The lowest BCUT2D eigenvalue weighted by atomic mass is 10.2. The first-order valence-electron chi connectivity index (χ1n) is 8.22. The maximum Gasteiger partial charge on any atom is 0.318 e. The van der Waals surface area contributed by atoms with Gasteiger partial charge in [-0.15, -0.1) is 0 Å². The molecule has 0 radical (unpaired) electrons. The zero-order valence-electron chi connectivity index (χ0n) is 13.8. The third-order valence-corrected chi connectivity index (χ3v) is 4.07. The van der Waals surface area contributed by atoms with Gasteiger partial charge in [0.15, 0.2) is 0 Å². The Bertz CT molecular complexity index is 659. The first kappa shape index (κ1) is 16.4. The largest absolute Gasteiger partial charge is 0.385 e. The van der Waals surface area contributed by atoms with Crippen LogP contribution in [0.1, 0.15) is 31.2 Å². The van der Waals surface area contributed by atoms with E-state index >= 15 is 0 Å². The Morgan fingerprint density at radius 1 is 1.42 bits per heavy atom. The fourth-order valence-corrected chi connectivity index (χ4v) is 2.85. The van der Waals surface area contributed by atoms with Crippen molar-refractivity contribution in [2.45, 2.75) is 25.3 Å². The lowest BCUT2D eigenvalue weighted by Crippen LogP contribution is -2.40. The fourth-order valence-electron chi connectivity index (χ4n) is 2.85. The van der Waals surface area contributed by atoms with E-state index in [0.29, 0.717) is 31.4 Å². The van der Waals surface area contributed by atoms with Gasteiger partial charge in [-0.05, 0) is 19.3 Å². The predicted molar refractivity (Wildman–Crippen MR) is 88.3 cm³/mol. The lowest BCUT2D eigenvalue weighted by Gasteiger charge is -2.22. The highest BCUT2D eigenvalue weighted by Gasteiger charge is 2.34. The van der Waals surface area contributed by atoms with Gasteiger partial charge in [-0.25, -0.2) is 4.79 Å². The molecule has 1 N–H and O–H groups in total. The average Bonchev–Trinajstić information content (AvgIpc) is 3.28. The minimum Gasteiger partial charge on any atom is -0.385 e. The van der Waals surface area contributed by atoms with Gasteiger partial charge >= 0.3 is 6.03 Å². The van der Waals surface area contributed by atoms with Crippen LogP contribution in [0.3, 0.4) is 0 Å². The summed E-state index contributed by atoms with van der Waals surface area (Å²) in [5.74, 6) is 1.05. The van der Waals surface area contributed by atoms with Crippen LogP contribution in [-0.4, -0.2) is 47.9 Å². The zero-order chi connectivity index (χ0) is 16.8. The first-order valence-corrected chi connectivity index (χ1v) is 8.22.